The summed E-state index contributed by atoms with van der Waals surface area (Å²) in [6, 6.07) is 2.05. The minimum absolute atomic E-state index is 0.272. The van der Waals surface area contributed by atoms with Gasteiger partial charge in [-0.15, -0.1) is 11.3 Å². The fourth-order valence-corrected chi connectivity index (χ4v) is 2.23. The number of carbonyl (C=O) groups excluding carboxylic acids is 1. The molecule has 0 unspecified atom stereocenters. The van der Waals surface area contributed by atoms with Crippen molar-refractivity contribution in [3.63, 3.8) is 0 Å². The van der Waals surface area contributed by atoms with Crippen molar-refractivity contribution in [3.8, 4) is 0 Å². The van der Waals surface area contributed by atoms with Gasteiger partial charge < -0.3 is 0 Å². The van der Waals surface area contributed by atoms with Gasteiger partial charge in [-0.05, 0) is 22.9 Å². The highest BCUT2D eigenvalue weighted by atomic mass is 32.1. The van der Waals surface area contributed by atoms with Gasteiger partial charge in [0.1, 0.15) is 0 Å². The van der Waals surface area contributed by atoms with Crippen LogP contribution in [0.1, 0.15) is 48.3 Å². The van der Waals surface area contributed by atoms with E-state index in [1.165, 1.54) is 5.56 Å². The van der Waals surface area contributed by atoms with Crippen LogP contribution in [0.3, 0.4) is 0 Å². The normalized spacial score (nSPS) is 10.7. The van der Waals surface area contributed by atoms with Crippen LogP contribution in [-0.2, 0) is 0 Å². The van der Waals surface area contributed by atoms with Gasteiger partial charge in [0.05, 0.1) is 4.88 Å². The summed E-state index contributed by atoms with van der Waals surface area (Å²) in [6.45, 7) is 6.15. The fraction of sp³-hybridized carbons (Fsp3) is 0.500. The minimum atomic E-state index is 0.272. The molecule has 1 aromatic heterocycles. The van der Waals surface area contributed by atoms with Gasteiger partial charge in [-0.3, -0.25) is 4.79 Å². The molecule has 0 saturated carbocycles. The zero-order valence-electron chi connectivity index (χ0n) is 7.76. The van der Waals surface area contributed by atoms with Crippen LogP contribution >= 0.6 is 11.3 Å². The van der Waals surface area contributed by atoms with Crippen LogP contribution in [0.15, 0.2) is 11.4 Å². The number of carbonyl (C=O) groups is 1. The average molecular weight is 182 g/mol. The Morgan fingerprint density at radius 1 is 1.58 bits per heavy atom. The molecule has 0 aliphatic heterocycles. The summed E-state index contributed by atoms with van der Waals surface area (Å²) < 4.78 is 0. The smallest absolute Gasteiger partial charge is 0.172 e. The standard InChI is InChI=1S/C10H14OS/c1-4-9(11)10-8(7(2)3)5-6-12-10/h5-7H,4H2,1-3H3. The molecule has 0 bridgehead atoms. The Labute approximate surface area is 77.4 Å². The molecule has 0 saturated heterocycles. The topological polar surface area (TPSA) is 17.1 Å². The van der Waals surface area contributed by atoms with Crippen molar-refractivity contribution in [3.05, 3.63) is 21.9 Å². The number of hydrogen-bond donors (Lipinski definition) is 0. The first-order chi connectivity index (χ1) is 5.66. The van der Waals surface area contributed by atoms with Gasteiger partial charge in [0.2, 0.25) is 0 Å². The molecule has 0 amide bonds. The van der Waals surface area contributed by atoms with E-state index in [1.807, 2.05) is 12.3 Å². The van der Waals surface area contributed by atoms with Gasteiger partial charge in [-0.1, -0.05) is 20.8 Å². The van der Waals surface area contributed by atoms with Gasteiger partial charge in [0, 0.05) is 6.42 Å². The molecule has 66 valence electrons. The molecule has 0 spiro atoms. The maximum absolute atomic E-state index is 11.4. The second-order valence-electron chi connectivity index (χ2n) is 3.14. The maximum atomic E-state index is 11.4. The second kappa shape index (κ2) is 3.85. The quantitative estimate of drug-likeness (QED) is 0.654. The highest BCUT2D eigenvalue weighted by Crippen LogP contribution is 2.25. The van der Waals surface area contributed by atoms with E-state index < -0.39 is 0 Å². The van der Waals surface area contributed by atoms with E-state index in [2.05, 4.69) is 19.9 Å². The molecule has 1 aromatic rings. The lowest BCUT2D eigenvalue weighted by Crippen LogP contribution is -1.98. The van der Waals surface area contributed by atoms with Crippen molar-refractivity contribution in [1.82, 2.24) is 0 Å². The van der Waals surface area contributed by atoms with Crippen molar-refractivity contribution < 1.29 is 4.79 Å². The molecule has 0 atom stereocenters. The van der Waals surface area contributed by atoms with Crippen molar-refractivity contribution in [2.24, 2.45) is 0 Å². The first-order valence-electron chi connectivity index (χ1n) is 4.27. The molecular formula is C10H14OS. The third-order valence-electron chi connectivity index (χ3n) is 1.89. The number of hydrogen-bond acceptors (Lipinski definition) is 2. The number of ketones is 1. The van der Waals surface area contributed by atoms with Crippen LogP contribution in [0, 0.1) is 0 Å². The maximum Gasteiger partial charge on any atom is 0.172 e. The summed E-state index contributed by atoms with van der Waals surface area (Å²) in [5.74, 6) is 0.732. The van der Waals surface area contributed by atoms with Crippen molar-refractivity contribution in [2.75, 3.05) is 0 Å². The monoisotopic (exact) mass is 182 g/mol. The van der Waals surface area contributed by atoms with E-state index in [1.54, 1.807) is 11.3 Å². The minimum Gasteiger partial charge on any atom is -0.293 e. The van der Waals surface area contributed by atoms with E-state index in [4.69, 9.17) is 0 Å². The van der Waals surface area contributed by atoms with Gasteiger partial charge in [-0.2, -0.15) is 0 Å². The molecule has 1 nitrogen and oxygen atoms in total. The molecule has 1 rings (SSSR count). The van der Waals surface area contributed by atoms with Crippen molar-refractivity contribution in [1.29, 1.82) is 0 Å². The number of rotatable bonds is 3. The zero-order chi connectivity index (χ0) is 9.14. The summed E-state index contributed by atoms with van der Waals surface area (Å²) in [4.78, 5) is 12.4. The lowest BCUT2D eigenvalue weighted by atomic mass is 10.0. The summed E-state index contributed by atoms with van der Waals surface area (Å²) in [6.07, 6.45) is 0.611. The lowest BCUT2D eigenvalue weighted by molar-refractivity contribution is 0.0991. The Hall–Kier alpha value is -0.630. The van der Waals surface area contributed by atoms with Crippen LogP contribution in [0.25, 0.3) is 0 Å². The van der Waals surface area contributed by atoms with Crippen LogP contribution < -0.4 is 0 Å². The second-order valence-corrected chi connectivity index (χ2v) is 4.05. The molecule has 0 aliphatic rings. The highest BCUT2D eigenvalue weighted by Gasteiger charge is 2.12. The van der Waals surface area contributed by atoms with E-state index in [9.17, 15) is 4.79 Å². The number of thiophene rings is 1. The van der Waals surface area contributed by atoms with E-state index in [-0.39, 0.29) is 5.78 Å². The van der Waals surface area contributed by atoms with Crippen molar-refractivity contribution >= 4 is 17.1 Å². The average Bonchev–Trinajstić information content (AvgIpc) is 2.50. The third kappa shape index (κ3) is 1.75. The molecule has 0 N–H and O–H groups in total. The Bertz CT molecular complexity index is 273. The Balaban J connectivity index is 2.99. The SMILES string of the molecule is CCC(=O)c1sccc1C(C)C. The van der Waals surface area contributed by atoms with Gasteiger partial charge in [0.15, 0.2) is 5.78 Å². The summed E-state index contributed by atoms with van der Waals surface area (Å²) >= 11 is 1.56. The summed E-state index contributed by atoms with van der Waals surface area (Å²) in [7, 11) is 0. The molecule has 0 radical (unpaired) electrons. The predicted octanol–water partition coefficient (Wildman–Crippen LogP) is 3.46. The number of Topliss-reactive ketones (excluding diaryl/α,β-unsaturated/α-hetero) is 1. The van der Waals surface area contributed by atoms with Gasteiger partial charge in [-0.25, -0.2) is 0 Å². The molecule has 0 aliphatic carbocycles. The first kappa shape index (κ1) is 9.46. The lowest BCUT2D eigenvalue weighted by Gasteiger charge is -2.04. The molecule has 0 aromatic carbocycles. The Morgan fingerprint density at radius 3 is 2.75 bits per heavy atom. The van der Waals surface area contributed by atoms with E-state index in [0.717, 1.165) is 4.88 Å². The predicted molar refractivity (Wildman–Crippen MR) is 53.0 cm³/mol. The van der Waals surface area contributed by atoms with Gasteiger partial charge in [0.25, 0.3) is 0 Å². The van der Waals surface area contributed by atoms with Crippen molar-refractivity contribution in [2.45, 2.75) is 33.1 Å². The molecule has 12 heavy (non-hydrogen) atoms. The molecular weight excluding hydrogens is 168 g/mol. The highest BCUT2D eigenvalue weighted by molar-refractivity contribution is 7.12. The van der Waals surface area contributed by atoms with Gasteiger partial charge >= 0.3 is 0 Å². The third-order valence-corrected chi connectivity index (χ3v) is 2.86. The van der Waals surface area contributed by atoms with Crippen LogP contribution in [-0.4, -0.2) is 5.78 Å². The molecule has 2 heteroatoms. The van der Waals surface area contributed by atoms with E-state index >= 15 is 0 Å². The fourth-order valence-electron chi connectivity index (χ4n) is 1.16. The molecule has 1 heterocycles. The summed E-state index contributed by atoms with van der Waals surface area (Å²) in [5, 5.41) is 2.00. The largest absolute Gasteiger partial charge is 0.293 e. The van der Waals surface area contributed by atoms with Crippen LogP contribution in [0.4, 0.5) is 0 Å². The first-order valence-corrected chi connectivity index (χ1v) is 5.15. The Kier molecular flexibility index (Phi) is 3.04. The van der Waals surface area contributed by atoms with Crippen LogP contribution in [0.2, 0.25) is 0 Å². The summed E-state index contributed by atoms with van der Waals surface area (Å²) in [5.41, 5.74) is 1.20. The Morgan fingerprint density at radius 2 is 2.25 bits per heavy atom. The molecule has 0 fully saturated rings. The van der Waals surface area contributed by atoms with E-state index in [0.29, 0.717) is 12.3 Å². The van der Waals surface area contributed by atoms with Crippen LogP contribution in [0.5, 0.6) is 0 Å². The zero-order valence-corrected chi connectivity index (χ0v) is 8.57.